The molecule has 2 aromatic rings. The molecule has 22 heavy (non-hydrogen) atoms. The summed E-state index contributed by atoms with van der Waals surface area (Å²) in [7, 11) is -3.43. The highest BCUT2D eigenvalue weighted by Crippen LogP contribution is 2.11. The molecule has 2 rings (SSSR count). The van der Waals surface area contributed by atoms with Crippen molar-refractivity contribution in [3.8, 4) is 0 Å². The first kappa shape index (κ1) is 16.7. The lowest BCUT2D eigenvalue weighted by molar-refractivity contribution is 0.582. The predicted molar refractivity (Wildman–Crippen MR) is 91.5 cm³/mol. The average Bonchev–Trinajstić information content (AvgIpc) is 2.49. The largest absolute Gasteiger partial charge is 0.240 e. The molecule has 0 fully saturated rings. The molecule has 116 valence electrons. The minimum Gasteiger partial charge on any atom is -0.211 e. The molecule has 0 aliphatic carbocycles. The molecule has 0 saturated carbocycles. The van der Waals surface area contributed by atoms with Crippen molar-refractivity contribution in [2.24, 2.45) is 0 Å². The normalized spacial score (nSPS) is 11.9. The van der Waals surface area contributed by atoms with Gasteiger partial charge in [-0.25, -0.2) is 13.1 Å². The molecular formula is C17H18ClNO2S. The van der Waals surface area contributed by atoms with Crippen LogP contribution in [0.4, 0.5) is 0 Å². The van der Waals surface area contributed by atoms with Gasteiger partial charge < -0.3 is 0 Å². The van der Waals surface area contributed by atoms with E-state index in [1.165, 1.54) is 0 Å². The Bertz CT molecular complexity index is 735. The van der Waals surface area contributed by atoms with Crippen molar-refractivity contribution in [1.82, 2.24) is 4.72 Å². The highest BCUT2D eigenvalue weighted by molar-refractivity contribution is 7.89. The second-order valence-electron chi connectivity index (χ2n) is 4.95. The molecule has 0 heterocycles. The van der Waals surface area contributed by atoms with E-state index in [1.54, 1.807) is 24.3 Å². The molecule has 3 nitrogen and oxygen atoms in total. The smallest absolute Gasteiger partial charge is 0.211 e. The molecule has 0 bridgehead atoms. The molecule has 0 radical (unpaired) electrons. The summed E-state index contributed by atoms with van der Waals surface area (Å²) in [6.07, 6.45) is 4.49. The van der Waals surface area contributed by atoms with Crippen LogP contribution in [0.5, 0.6) is 0 Å². The van der Waals surface area contributed by atoms with Gasteiger partial charge in [0.2, 0.25) is 10.0 Å². The lowest BCUT2D eigenvalue weighted by Crippen LogP contribution is -2.24. The SMILES string of the molecule is Cc1ccc(S(=O)(=O)NCC/C=C\c2ccc(Cl)cc2)cc1. The maximum Gasteiger partial charge on any atom is 0.240 e. The molecule has 0 aliphatic rings. The summed E-state index contributed by atoms with van der Waals surface area (Å²) in [6, 6.07) is 14.3. The van der Waals surface area contributed by atoms with E-state index in [2.05, 4.69) is 4.72 Å². The first-order chi connectivity index (χ1) is 10.5. The molecule has 0 aliphatic heterocycles. The zero-order valence-electron chi connectivity index (χ0n) is 12.3. The minimum absolute atomic E-state index is 0.291. The zero-order valence-corrected chi connectivity index (χ0v) is 13.9. The van der Waals surface area contributed by atoms with Gasteiger partial charge in [-0.1, -0.05) is 53.6 Å². The van der Waals surface area contributed by atoms with Gasteiger partial charge in [0.05, 0.1) is 4.90 Å². The molecule has 1 N–H and O–H groups in total. The van der Waals surface area contributed by atoms with Crippen LogP contribution in [-0.4, -0.2) is 15.0 Å². The van der Waals surface area contributed by atoms with Gasteiger partial charge in [-0.15, -0.1) is 0 Å². The number of benzene rings is 2. The summed E-state index contributed by atoms with van der Waals surface area (Å²) in [4.78, 5) is 0.291. The Hall–Kier alpha value is -1.62. The van der Waals surface area contributed by atoms with E-state index >= 15 is 0 Å². The molecule has 5 heteroatoms. The van der Waals surface area contributed by atoms with Gasteiger partial charge in [-0.05, 0) is 43.2 Å². The van der Waals surface area contributed by atoms with Gasteiger partial charge in [0.25, 0.3) is 0 Å². The van der Waals surface area contributed by atoms with Crippen LogP contribution in [0.1, 0.15) is 17.5 Å². The van der Waals surface area contributed by atoms with E-state index in [4.69, 9.17) is 11.6 Å². The van der Waals surface area contributed by atoms with E-state index in [-0.39, 0.29) is 0 Å². The number of sulfonamides is 1. The summed E-state index contributed by atoms with van der Waals surface area (Å²) in [5, 5.41) is 0.697. The van der Waals surface area contributed by atoms with Crippen LogP contribution in [0.25, 0.3) is 6.08 Å². The minimum atomic E-state index is -3.43. The average molecular weight is 336 g/mol. The first-order valence-electron chi connectivity index (χ1n) is 6.96. The lowest BCUT2D eigenvalue weighted by atomic mass is 10.2. The number of hydrogen-bond acceptors (Lipinski definition) is 2. The van der Waals surface area contributed by atoms with E-state index in [9.17, 15) is 8.42 Å². The topological polar surface area (TPSA) is 46.2 Å². The highest BCUT2D eigenvalue weighted by Gasteiger charge is 2.11. The molecule has 0 aromatic heterocycles. The molecule has 0 spiro atoms. The molecule has 0 amide bonds. The van der Waals surface area contributed by atoms with Gasteiger partial charge in [-0.3, -0.25) is 0 Å². The van der Waals surface area contributed by atoms with Crippen molar-refractivity contribution in [3.05, 3.63) is 70.8 Å². The molecule has 2 aromatic carbocycles. The number of nitrogens with one attached hydrogen (secondary N) is 1. The van der Waals surface area contributed by atoms with Gasteiger partial charge >= 0.3 is 0 Å². The second-order valence-corrected chi connectivity index (χ2v) is 7.16. The maximum absolute atomic E-state index is 12.1. The van der Waals surface area contributed by atoms with Crippen molar-refractivity contribution in [3.63, 3.8) is 0 Å². The summed E-state index contributed by atoms with van der Waals surface area (Å²) in [5.41, 5.74) is 2.07. The van der Waals surface area contributed by atoms with Gasteiger partial charge in [0, 0.05) is 11.6 Å². The second kappa shape index (κ2) is 7.58. The Balaban J connectivity index is 1.85. The van der Waals surface area contributed by atoms with Crippen LogP contribution in [-0.2, 0) is 10.0 Å². The molecular weight excluding hydrogens is 318 g/mol. The van der Waals surface area contributed by atoms with Gasteiger partial charge in [-0.2, -0.15) is 0 Å². The van der Waals surface area contributed by atoms with Crippen molar-refractivity contribution in [2.75, 3.05) is 6.54 Å². The summed E-state index contributed by atoms with van der Waals surface area (Å²) >= 11 is 5.81. The monoisotopic (exact) mass is 335 g/mol. The fraction of sp³-hybridized carbons (Fsp3) is 0.176. The summed E-state index contributed by atoms with van der Waals surface area (Å²) in [5.74, 6) is 0. The highest BCUT2D eigenvalue weighted by atomic mass is 35.5. The van der Waals surface area contributed by atoms with Crippen LogP contribution >= 0.6 is 11.6 Å². The third kappa shape index (κ3) is 4.98. The van der Waals surface area contributed by atoms with Crippen molar-refractivity contribution < 1.29 is 8.42 Å². The van der Waals surface area contributed by atoms with E-state index < -0.39 is 10.0 Å². The quantitative estimate of drug-likeness (QED) is 0.810. The van der Waals surface area contributed by atoms with Gasteiger partial charge in [0.15, 0.2) is 0 Å². The zero-order chi connectivity index (χ0) is 16.0. The predicted octanol–water partition coefficient (Wildman–Crippen LogP) is 4.03. The Morgan fingerprint density at radius 3 is 2.32 bits per heavy atom. The number of aryl methyl sites for hydroxylation is 1. The van der Waals surface area contributed by atoms with Crippen LogP contribution in [0, 0.1) is 6.92 Å². The number of rotatable bonds is 6. The standard InChI is InChI=1S/C17H18ClNO2S/c1-14-5-11-17(12-6-14)22(20,21)19-13-3-2-4-15-7-9-16(18)10-8-15/h2,4-12,19H,3,13H2,1H3/b4-2-. The fourth-order valence-electron chi connectivity index (χ4n) is 1.87. The van der Waals surface area contributed by atoms with Crippen LogP contribution in [0.3, 0.4) is 0 Å². The third-order valence-electron chi connectivity index (χ3n) is 3.11. The maximum atomic E-state index is 12.1. The van der Waals surface area contributed by atoms with Crippen molar-refractivity contribution >= 4 is 27.7 Å². The molecule has 0 atom stereocenters. The Kier molecular flexibility index (Phi) is 5.77. The number of hydrogen-bond donors (Lipinski definition) is 1. The number of halogens is 1. The van der Waals surface area contributed by atoms with Crippen molar-refractivity contribution in [1.29, 1.82) is 0 Å². The van der Waals surface area contributed by atoms with E-state index in [1.807, 2.05) is 43.3 Å². The van der Waals surface area contributed by atoms with Gasteiger partial charge in [0.1, 0.15) is 0 Å². The molecule has 0 saturated heterocycles. The Morgan fingerprint density at radius 2 is 1.68 bits per heavy atom. The first-order valence-corrected chi connectivity index (χ1v) is 8.82. The van der Waals surface area contributed by atoms with Crippen LogP contribution in [0.2, 0.25) is 5.02 Å². The Labute approximate surface area is 136 Å². The van der Waals surface area contributed by atoms with E-state index in [0.29, 0.717) is 22.9 Å². The third-order valence-corrected chi connectivity index (χ3v) is 4.84. The van der Waals surface area contributed by atoms with E-state index in [0.717, 1.165) is 11.1 Å². The summed E-state index contributed by atoms with van der Waals surface area (Å²) < 4.78 is 26.7. The van der Waals surface area contributed by atoms with Crippen molar-refractivity contribution in [2.45, 2.75) is 18.2 Å². The Morgan fingerprint density at radius 1 is 1.05 bits per heavy atom. The lowest BCUT2D eigenvalue weighted by Gasteiger charge is -2.05. The van der Waals surface area contributed by atoms with Crippen LogP contribution < -0.4 is 4.72 Å². The fourth-order valence-corrected chi connectivity index (χ4v) is 3.04. The summed E-state index contributed by atoms with van der Waals surface area (Å²) in [6.45, 7) is 2.28. The van der Waals surface area contributed by atoms with Crippen LogP contribution in [0.15, 0.2) is 59.5 Å². The molecule has 0 unspecified atom stereocenters.